The van der Waals surface area contributed by atoms with Crippen LogP contribution in [0.1, 0.15) is 43.5 Å². The number of aromatic nitrogens is 2. The SMILES string of the molecule is CNc1nc(C2CCCS2)nc(CC(C)C)c1I. The van der Waals surface area contributed by atoms with Crippen LogP contribution in [0.5, 0.6) is 0 Å². The van der Waals surface area contributed by atoms with Gasteiger partial charge in [0, 0.05) is 7.05 Å². The second-order valence-corrected chi connectivity index (χ2v) is 7.43. The highest BCUT2D eigenvalue weighted by Gasteiger charge is 2.23. The second-order valence-electron chi connectivity index (χ2n) is 5.04. The monoisotopic (exact) mass is 377 g/mol. The fourth-order valence-corrected chi connectivity index (χ4v) is 4.06. The van der Waals surface area contributed by atoms with Crippen molar-refractivity contribution >= 4 is 40.2 Å². The Bertz CT molecular complexity index is 417. The van der Waals surface area contributed by atoms with Crippen molar-refractivity contribution in [3.05, 3.63) is 15.1 Å². The molecular formula is C13H20IN3S. The van der Waals surface area contributed by atoms with E-state index in [2.05, 4.69) is 41.8 Å². The minimum Gasteiger partial charge on any atom is -0.372 e. The highest BCUT2D eigenvalue weighted by Crippen LogP contribution is 2.39. The lowest BCUT2D eigenvalue weighted by atomic mass is 10.1. The quantitative estimate of drug-likeness (QED) is 0.808. The molecule has 0 bridgehead atoms. The molecule has 0 aromatic carbocycles. The molecule has 1 aromatic heterocycles. The zero-order valence-corrected chi connectivity index (χ0v) is 14.1. The van der Waals surface area contributed by atoms with Gasteiger partial charge in [0.25, 0.3) is 0 Å². The molecule has 0 saturated carbocycles. The molecule has 1 aliphatic heterocycles. The fourth-order valence-electron chi connectivity index (χ4n) is 2.13. The smallest absolute Gasteiger partial charge is 0.144 e. The maximum Gasteiger partial charge on any atom is 0.144 e. The third-order valence-electron chi connectivity index (χ3n) is 2.99. The van der Waals surface area contributed by atoms with Crippen LogP contribution in [0.3, 0.4) is 0 Å². The Morgan fingerprint density at radius 3 is 2.78 bits per heavy atom. The van der Waals surface area contributed by atoms with E-state index in [9.17, 15) is 0 Å². The maximum absolute atomic E-state index is 4.82. The summed E-state index contributed by atoms with van der Waals surface area (Å²) in [6.07, 6.45) is 3.54. The van der Waals surface area contributed by atoms with Crippen LogP contribution in [-0.2, 0) is 6.42 Å². The molecule has 1 atom stereocenters. The average molecular weight is 377 g/mol. The van der Waals surface area contributed by atoms with E-state index in [-0.39, 0.29) is 0 Å². The van der Waals surface area contributed by atoms with Gasteiger partial charge in [0.15, 0.2) is 0 Å². The minimum atomic E-state index is 0.500. The summed E-state index contributed by atoms with van der Waals surface area (Å²) in [6.45, 7) is 4.47. The van der Waals surface area contributed by atoms with Crippen LogP contribution in [0.25, 0.3) is 0 Å². The van der Waals surface area contributed by atoms with Crippen molar-refractivity contribution in [3.63, 3.8) is 0 Å². The minimum absolute atomic E-state index is 0.500. The van der Waals surface area contributed by atoms with Crippen molar-refractivity contribution in [2.45, 2.75) is 38.4 Å². The van der Waals surface area contributed by atoms with E-state index >= 15 is 0 Å². The summed E-state index contributed by atoms with van der Waals surface area (Å²) < 4.78 is 1.18. The largest absolute Gasteiger partial charge is 0.372 e. The molecule has 5 heteroatoms. The summed E-state index contributed by atoms with van der Waals surface area (Å²) in [5.74, 6) is 3.89. The highest BCUT2D eigenvalue weighted by molar-refractivity contribution is 14.1. The summed E-state index contributed by atoms with van der Waals surface area (Å²) in [6, 6.07) is 0. The number of halogens is 1. The van der Waals surface area contributed by atoms with Gasteiger partial charge in [-0.15, -0.1) is 0 Å². The van der Waals surface area contributed by atoms with Crippen molar-refractivity contribution in [1.82, 2.24) is 9.97 Å². The first kappa shape index (κ1) is 14.4. The van der Waals surface area contributed by atoms with Gasteiger partial charge < -0.3 is 5.32 Å². The molecule has 2 heterocycles. The Morgan fingerprint density at radius 1 is 1.44 bits per heavy atom. The first-order valence-corrected chi connectivity index (χ1v) is 8.60. The Morgan fingerprint density at radius 2 is 2.22 bits per heavy atom. The standard InChI is InChI=1S/C13H20IN3S/c1-8(2)7-9-11(14)13(15-3)17-12(16-9)10-5-4-6-18-10/h8,10H,4-7H2,1-3H3,(H,15,16,17). The predicted octanol–water partition coefficient (Wildman–Crippen LogP) is 3.89. The number of hydrogen-bond donors (Lipinski definition) is 1. The fraction of sp³-hybridized carbons (Fsp3) is 0.692. The van der Waals surface area contributed by atoms with Gasteiger partial charge in [-0.25, -0.2) is 9.97 Å². The Balaban J connectivity index is 2.35. The lowest BCUT2D eigenvalue weighted by molar-refractivity contribution is 0.625. The molecule has 0 spiro atoms. The molecule has 1 aliphatic rings. The van der Waals surface area contributed by atoms with Crippen molar-refractivity contribution in [3.8, 4) is 0 Å². The first-order chi connectivity index (χ1) is 8.61. The van der Waals surface area contributed by atoms with Crippen LogP contribution in [-0.4, -0.2) is 22.8 Å². The highest BCUT2D eigenvalue weighted by atomic mass is 127. The molecule has 1 saturated heterocycles. The zero-order valence-electron chi connectivity index (χ0n) is 11.2. The molecule has 100 valence electrons. The first-order valence-electron chi connectivity index (χ1n) is 6.47. The predicted molar refractivity (Wildman–Crippen MR) is 87.3 cm³/mol. The number of hydrogen-bond acceptors (Lipinski definition) is 4. The van der Waals surface area contributed by atoms with Crippen LogP contribution in [0.2, 0.25) is 0 Å². The van der Waals surface area contributed by atoms with E-state index in [1.165, 1.54) is 27.9 Å². The van der Waals surface area contributed by atoms with Gasteiger partial charge in [-0.1, -0.05) is 13.8 Å². The Kier molecular flexibility index (Phi) is 5.12. The average Bonchev–Trinajstić information content (AvgIpc) is 2.84. The summed E-state index contributed by atoms with van der Waals surface area (Å²) in [4.78, 5) is 9.51. The van der Waals surface area contributed by atoms with E-state index in [4.69, 9.17) is 9.97 Å². The van der Waals surface area contributed by atoms with E-state index < -0.39 is 0 Å². The van der Waals surface area contributed by atoms with Crippen LogP contribution in [0.4, 0.5) is 5.82 Å². The summed E-state index contributed by atoms with van der Waals surface area (Å²) in [7, 11) is 1.94. The molecule has 3 nitrogen and oxygen atoms in total. The number of anilines is 1. The molecule has 0 amide bonds. The zero-order chi connectivity index (χ0) is 13.1. The topological polar surface area (TPSA) is 37.8 Å². The van der Waals surface area contributed by atoms with Crippen molar-refractivity contribution in [1.29, 1.82) is 0 Å². The van der Waals surface area contributed by atoms with Gasteiger partial charge in [0.1, 0.15) is 11.6 Å². The number of rotatable bonds is 4. The van der Waals surface area contributed by atoms with Gasteiger partial charge in [0.2, 0.25) is 0 Å². The van der Waals surface area contributed by atoms with E-state index in [1.807, 2.05) is 18.8 Å². The van der Waals surface area contributed by atoms with E-state index in [0.29, 0.717) is 11.2 Å². The lowest BCUT2D eigenvalue weighted by Gasteiger charge is -2.15. The number of nitrogens with zero attached hydrogens (tertiary/aromatic N) is 2. The molecule has 1 unspecified atom stereocenters. The lowest BCUT2D eigenvalue weighted by Crippen LogP contribution is -2.10. The van der Waals surface area contributed by atoms with Crippen molar-refractivity contribution in [2.75, 3.05) is 18.1 Å². The molecule has 1 aromatic rings. The van der Waals surface area contributed by atoms with Gasteiger partial charge in [-0.2, -0.15) is 11.8 Å². The normalized spacial score (nSPS) is 19.5. The Hall–Kier alpha value is -0.0400. The van der Waals surface area contributed by atoms with Gasteiger partial charge >= 0.3 is 0 Å². The molecular weight excluding hydrogens is 357 g/mol. The van der Waals surface area contributed by atoms with E-state index in [0.717, 1.165) is 18.1 Å². The molecule has 18 heavy (non-hydrogen) atoms. The second kappa shape index (κ2) is 6.41. The molecule has 1 N–H and O–H groups in total. The molecule has 1 fully saturated rings. The van der Waals surface area contributed by atoms with Gasteiger partial charge in [0.05, 0.1) is 14.5 Å². The molecule has 0 radical (unpaired) electrons. The van der Waals surface area contributed by atoms with Crippen LogP contribution >= 0.6 is 34.4 Å². The third-order valence-corrected chi connectivity index (χ3v) is 5.50. The van der Waals surface area contributed by atoms with Gasteiger partial charge in [-0.3, -0.25) is 0 Å². The molecule has 2 rings (SSSR count). The van der Waals surface area contributed by atoms with Crippen LogP contribution in [0, 0.1) is 9.49 Å². The van der Waals surface area contributed by atoms with Crippen molar-refractivity contribution in [2.24, 2.45) is 5.92 Å². The summed E-state index contributed by atoms with van der Waals surface area (Å²) in [5.41, 5.74) is 1.20. The third kappa shape index (κ3) is 3.29. The maximum atomic E-state index is 4.82. The van der Waals surface area contributed by atoms with Gasteiger partial charge in [-0.05, 0) is 53.5 Å². The Labute approximate surface area is 127 Å². The van der Waals surface area contributed by atoms with E-state index in [1.54, 1.807) is 0 Å². The molecule has 0 aliphatic carbocycles. The number of nitrogens with one attached hydrogen (secondary N) is 1. The van der Waals surface area contributed by atoms with Crippen molar-refractivity contribution < 1.29 is 0 Å². The summed E-state index contributed by atoms with van der Waals surface area (Å²) in [5, 5.41) is 3.70. The van der Waals surface area contributed by atoms with Crippen LogP contribution < -0.4 is 5.32 Å². The number of thioether (sulfide) groups is 1. The van der Waals surface area contributed by atoms with Crippen LogP contribution in [0.15, 0.2) is 0 Å². The summed E-state index contributed by atoms with van der Waals surface area (Å²) >= 11 is 4.35.